The minimum Gasteiger partial charge on any atom is -0.294 e. The van der Waals surface area contributed by atoms with Crippen LogP contribution in [-0.4, -0.2) is 15.4 Å². The van der Waals surface area contributed by atoms with E-state index in [9.17, 15) is 4.79 Å². The van der Waals surface area contributed by atoms with Crippen molar-refractivity contribution in [2.24, 2.45) is 0 Å². The van der Waals surface area contributed by atoms with E-state index in [1.807, 2.05) is 24.4 Å². The van der Waals surface area contributed by atoms with Gasteiger partial charge in [-0.2, -0.15) is 5.10 Å². The summed E-state index contributed by atoms with van der Waals surface area (Å²) in [5.41, 5.74) is 1.53. The first kappa shape index (κ1) is 10.4. The van der Waals surface area contributed by atoms with E-state index >= 15 is 0 Å². The Hall–Kier alpha value is -2.08. The number of hydrogen-bond donors (Lipinski definition) is 0. The number of Topliss-reactive ketones (excluding diaryl/α,β-unsaturated/α-hetero) is 1. The molecule has 0 radical (unpaired) electrons. The second kappa shape index (κ2) is 4.63. The molecular weight excluding hydrogens is 200 g/mol. The zero-order valence-corrected chi connectivity index (χ0v) is 8.89. The molecule has 80 valence electrons. The molecule has 3 nitrogen and oxygen atoms in total. The van der Waals surface area contributed by atoms with E-state index in [1.165, 1.54) is 0 Å². The zero-order chi connectivity index (χ0) is 11.4. The van der Waals surface area contributed by atoms with Crippen LogP contribution in [0, 0.1) is 12.3 Å². The van der Waals surface area contributed by atoms with Gasteiger partial charge in [0, 0.05) is 19.0 Å². The van der Waals surface area contributed by atoms with Crippen molar-refractivity contribution in [3.05, 3.63) is 36.2 Å². The summed E-state index contributed by atoms with van der Waals surface area (Å²) in [6.45, 7) is 0. The summed E-state index contributed by atoms with van der Waals surface area (Å²) >= 11 is 0. The molecule has 2 aromatic rings. The molecule has 3 heteroatoms. The van der Waals surface area contributed by atoms with Crippen LogP contribution < -0.4 is 0 Å². The van der Waals surface area contributed by atoms with E-state index in [2.05, 4.69) is 11.0 Å². The number of rotatable bonds is 4. The molecule has 0 aliphatic heterocycles. The maximum atomic E-state index is 11.9. The van der Waals surface area contributed by atoms with Crippen LogP contribution in [0.5, 0.6) is 0 Å². The number of carbonyl (C=O) groups excluding carboxylic acids is 1. The lowest BCUT2D eigenvalue weighted by molar-refractivity contribution is 0.0982. The molecule has 0 atom stereocenters. The molecule has 0 aromatic carbocycles. The first-order chi connectivity index (χ1) is 7.83. The van der Waals surface area contributed by atoms with Gasteiger partial charge < -0.3 is 0 Å². The maximum absolute atomic E-state index is 11.9. The molecule has 2 heterocycles. The third-order valence-corrected chi connectivity index (χ3v) is 2.45. The Morgan fingerprint density at radius 2 is 2.38 bits per heavy atom. The topological polar surface area (TPSA) is 34.4 Å². The van der Waals surface area contributed by atoms with Crippen LogP contribution in [0.3, 0.4) is 0 Å². The number of terminal acetylenes is 1. The van der Waals surface area contributed by atoms with Crippen molar-refractivity contribution in [2.45, 2.75) is 19.3 Å². The second-order valence-electron chi connectivity index (χ2n) is 3.57. The molecule has 0 N–H and O–H groups in total. The summed E-state index contributed by atoms with van der Waals surface area (Å²) in [6.07, 6.45) is 10.5. The van der Waals surface area contributed by atoms with Crippen molar-refractivity contribution in [2.75, 3.05) is 0 Å². The van der Waals surface area contributed by atoms with Gasteiger partial charge in [0.15, 0.2) is 5.78 Å². The van der Waals surface area contributed by atoms with Crippen molar-refractivity contribution in [3.8, 4) is 12.3 Å². The summed E-state index contributed by atoms with van der Waals surface area (Å²) < 4.78 is 1.70. The third kappa shape index (κ3) is 1.96. The average molecular weight is 212 g/mol. The lowest BCUT2D eigenvalue weighted by Gasteiger charge is -1.97. The van der Waals surface area contributed by atoms with E-state index < -0.39 is 0 Å². The number of hydrogen-bond acceptors (Lipinski definition) is 2. The smallest absolute Gasteiger partial charge is 0.166 e. The number of ketones is 1. The predicted octanol–water partition coefficient (Wildman–Crippen LogP) is 2.32. The van der Waals surface area contributed by atoms with Crippen LogP contribution >= 0.6 is 0 Å². The summed E-state index contributed by atoms with van der Waals surface area (Å²) in [6, 6.07) is 5.67. The fourth-order valence-corrected chi connectivity index (χ4v) is 1.64. The van der Waals surface area contributed by atoms with Gasteiger partial charge >= 0.3 is 0 Å². The van der Waals surface area contributed by atoms with E-state index in [-0.39, 0.29) is 5.78 Å². The molecule has 0 aliphatic rings. The van der Waals surface area contributed by atoms with Crippen molar-refractivity contribution < 1.29 is 4.79 Å². The number of nitrogens with zero attached hydrogens (tertiary/aromatic N) is 2. The predicted molar refractivity (Wildman–Crippen MR) is 62.2 cm³/mol. The molecule has 0 saturated heterocycles. The number of aromatic nitrogens is 2. The Morgan fingerprint density at radius 1 is 1.50 bits per heavy atom. The highest BCUT2D eigenvalue weighted by Gasteiger charge is 2.11. The highest BCUT2D eigenvalue weighted by Crippen LogP contribution is 2.13. The monoisotopic (exact) mass is 212 g/mol. The molecule has 0 saturated carbocycles. The fourth-order valence-electron chi connectivity index (χ4n) is 1.64. The van der Waals surface area contributed by atoms with Gasteiger partial charge in [-0.25, -0.2) is 4.52 Å². The average Bonchev–Trinajstić information content (AvgIpc) is 2.73. The highest BCUT2D eigenvalue weighted by atomic mass is 16.1. The summed E-state index contributed by atoms with van der Waals surface area (Å²) in [7, 11) is 0. The van der Waals surface area contributed by atoms with Gasteiger partial charge in [-0.3, -0.25) is 4.79 Å². The standard InChI is InChI=1S/C13H12N2O/c1-2-3-4-8-13(16)11-10-14-15-9-6-5-7-12(11)15/h1,5-7,9-10H,3-4,8H2. The summed E-state index contributed by atoms with van der Waals surface area (Å²) in [4.78, 5) is 11.9. The van der Waals surface area contributed by atoms with Crippen LogP contribution in [0.15, 0.2) is 30.6 Å². The Balaban J connectivity index is 2.20. The largest absolute Gasteiger partial charge is 0.294 e. The molecule has 16 heavy (non-hydrogen) atoms. The highest BCUT2D eigenvalue weighted by molar-refractivity contribution is 6.02. The van der Waals surface area contributed by atoms with E-state index in [0.29, 0.717) is 18.4 Å². The quantitative estimate of drug-likeness (QED) is 0.443. The number of fused-ring (bicyclic) bond motifs is 1. The summed E-state index contributed by atoms with van der Waals surface area (Å²) in [5, 5.41) is 4.12. The summed E-state index contributed by atoms with van der Waals surface area (Å²) in [5.74, 6) is 2.64. The molecule has 0 unspecified atom stereocenters. The third-order valence-electron chi connectivity index (χ3n) is 2.45. The molecule has 0 amide bonds. The molecule has 0 aliphatic carbocycles. The maximum Gasteiger partial charge on any atom is 0.166 e. The lowest BCUT2D eigenvalue weighted by Crippen LogP contribution is -1.98. The molecule has 2 rings (SSSR count). The fraction of sp³-hybridized carbons (Fsp3) is 0.231. The van der Waals surface area contributed by atoms with Crippen LogP contribution in [-0.2, 0) is 0 Å². The van der Waals surface area contributed by atoms with Gasteiger partial charge in [-0.15, -0.1) is 12.3 Å². The molecule has 0 bridgehead atoms. The number of carbonyl (C=O) groups is 1. The first-order valence-corrected chi connectivity index (χ1v) is 5.22. The lowest BCUT2D eigenvalue weighted by atomic mass is 10.1. The molecule has 2 aromatic heterocycles. The normalized spacial score (nSPS) is 10.2. The molecule has 0 fully saturated rings. The minimum absolute atomic E-state index is 0.108. The number of unbranched alkanes of at least 4 members (excludes halogenated alkanes) is 1. The number of pyridine rings is 1. The Morgan fingerprint density at radius 3 is 3.19 bits per heavy atom. The Bertz CT molecular complexity index is 548. The van der Waals surface area contributed by atoms with Gasteiger partial charge in [-0.1, -0.05) is 6.07 Å². The molecule has 0 spiro atoms. The van der Waals surface area contributed by atoms with Crippen molar-refractivity contribution in [1.29, 1.82) is 0 Å². The first-order valence-electron chi connectivity index (χ1n) is 5.22. The van der Waals surface area contributed by atoms with Crippen LogP contribution in [0.1, 0.15) is 29.6 Å². The van der Waals surface area contributed by atoms with E-state index in [0.717, 1.165) is 11.9 Å². The van der Waals surface area contributed by atoms with Gasteiger partial charge in [0.05, 0.1) is 17.3 Å². The zero-order valence-electron chi connectivity index (χ0n) is 8.89. The van der Waals surface area contributed by atoms with E-state index in [1.54, 1.807) is 10.7 Å². The van der Waals surface area contributed by atoms with Gasteiger partial charge in [0.2, 0.25) is 0 Å². The van der Waals surface area contributed by atoms with Gasteiger partial charge in [0.25, 0.3) is 0 Å². The van der Waals surface area contributed by atoms with Crippen LogP contribution in [0.4, 0.5) is 0 Å². The Labute approximate surface area is 94.1 Å². The van der Waals surface area contributed by atoms with Crippen LogP contribution in [0.25, 0.3) is 5.52 Å². The SMILES string of the molecule is C#CCCCC(=O)c1cnn2ccccc12. The van der Waals surface area contributed by atoms with Crippen LogP contribution in [0.2, 0.25) is 0 Å². The molecular formula is C13H12N2O. The van der Waals surface area contributed by atoms with Gasteiger partial charge in [0.1, 0.15) is 0 Å². The second-order valence-corrected chi connectivity index (χ2v) is 3.57. The minimum atomic E-state index is 0.108. The van der Waals surface area contributed by atoms with Crippen molar-refractivity contribution >= 4 is 11.3 Å². The van der Waals surface area contributed by atoms with E-state index in [4.69, 9.17) is 6.42 Å². The van der Waals surface area contributed by atoms with Crippen molar-refractivity contribution in [1.82, 2.24) is 9.61 Å². The van der Waals surface area contributed by atoms with Crippen molar-refractivity contribution in [3.63, 3.8) is 0 Å². The Kier molecular flexibility index (Phi) is 3.02. The van der Waals surface area contributed by atoms with Gasteiger partial charge in [-0.05, 0) is 18.6 Å².